The van der Waals surface area contributed by atoms with Gasteiger partial charge in [0, 0.05) is 17.5 Å². The van der Waals surface area contributed by atoms with Crippen LogP contribution in [-0.2, 0) is 4.74 Å². The van der Waals surface area contributed by atoms with E-state index in [0.29, 0.717) is 11.3 Å². The third-order valence-electron chi connectivity index (χ3n) is 4.60. The highest BCUT2D eigenvalue weighted by Crippen LogP contribution is 2.41. The maximum atomic E-state index is 12.2. The molecule has 0 aromatic heterocycles. The number of amides is 1. The second kappa shape index (κ2) is 9.51. The van der Waals surface area contributed by atoms with Crippen molar-refractivity contribution in [2.24, 2.45) is 15.7 Å². The summed E-state index contributed by atoms with van der Waals surface area (Å²) < 4.78 is 45.6. The molecular weight excluding hydrogens is 437 g/mol. The summed E-state index contributed by atoms with van der Waals surface area (Å²) in [5, 5.41) is 2.86. The first kappa shape index (κ1) is 24.1. The first-order chi connectivity index (χ1) is 15.4. The molecule has 10 heteroatoms. The fourth-order valence-electron chi connectivity index (χ4n) is 3.05. The van der Waals surface area contributed by atoms with Crippen molar-refractivity contribution < 1.29 is 27.4 Å². The summed E-state index contributed by atoms with van der Waals surface area (Å²) >= 11 is 0. The Hall–Kier alpha value is -3.56. The normalized spacial score (nSPS) is 18.8. The number of nitrogens with two attached hydrogens (primary N) is 1. The van der Waals surface area contributed by atoms with Gasteiger partial charge in [-0.15, -0.1) is 13.2 Å². The minimum absolute atomic E-state index is 0.0387. The van der Waals surface area contributed by atoms with Crippen LogP contribution >= 0.6 is 0 Å². The molecule has 7 nitrogen and oxygen atoms in total. The summed E-state index contributed by atoms with van der Waals surface area (Å²) in [6.45, 7) is 5.45. The van der Waals surface area contributed by atoms with Crippen molar-refractivity contribution in [1.82, 2.24) is 5.32 Å². The highest BCUT2D eigenvalue weighted by atomic mass is 19.4. The van der Waals surface area contributed by atoms with Crippen molar-refractivity contribution in [3.8, 4) is 5.75 Å². The zero-order valence-electron chi connectivity index (χ0n) is 18.4. The van der Waals surface area contributed by atoms with Gasteiger partial charge in [0.25, 0.3) is 0 Å². The second-order valence-electron chi connectivity index (χ2n) is 8.52. The fraction of sp³-hybridized carbons (Fsp3) is 0.348. The Morgan fingerprint density at radius 2 is 1.73 bits per heavy atom. The van der Waals surface area contributed by atoms with Crippen molar-refractivity contribution >= 4 is 24.0 Å². The molecule has 0 heterocycles. The lowest BCUT2D eigenvalue weighted by Gasteiger charge is -2.19. The van der Waals surface area contributed by atoms with E-state index in [0.717, 1.165) is 24.1 Å². The zero-order valence-corrected chi connectivity index (χ0v) is 18.4. The monoisotopic (exact) mass is 462 g/mol. The Morgan fingerprint density at radius 1 is 1.09 bits per heavy atom. The summed E-state index contributed by atoms with van der Waals surface area (Å²) in [6.07, 6.45) is -3.11. The van der Waals surface area contributed by atoms with E-state index in [1.54, 1.807) is 0 Å². The van der Waals surface area contributed by atoms with Gasteiger partial charge in [-0.25, -0.2) is 14.8 Å². The number of halogens is 3. The van der Waals surface area contributed by atoms with E-state index in [1.165, 1.54) is 18.5 Å². The SMILES string of the molecule is CC(C)(C)OC(=O)NC1CC1c1ccc(C(N)=NC=Nc2ccc(OC(F)(F)F)cc2)cc1. The quantitative estimate of drug-likeness (QED) is 0.465. The third kappa shape index (κ3) is 7.81. The average molecular weight is 462 g/mol. The lowest BCUT2D eigenvalue weighted by molar-refractivity contribution is -0.274. The van der Waals surface area contributed by atoms with Crippen molar-refractivity contribution in [3.63, 3.8) is 0 Å². The van der Waals surface area contributed by atoms with Gasteiger partial charge in [-0.2, -0.15) is 0 Å². The Morgan fingerprint density at radius 3 is 2.30 bits per heavy atom. The van der Waals surface area contributed by atoms with Crippen molar-refractivity contribution in [1.29, 1.82) is 0 Å². The number of nitrogens with zero attached hydrogens (tertiary/aromatic N) is 2. The number of nitrogens with one attached hydrogen (secondary N) is 1. The molecule has 1 aliphatic rings. The standard InChI is InChI=1S/C23H25F3N4O3/c1-22(2,3)33-21(31)30-19-12-18(19)14-4-6-15(7-5-14)20(27)29-13-28-16-8-10-17(11-9-16)32-23(24,25)26/h4-11,13,18-19H,12H2,1-3H3,(H,30,31)(H2,27,28,29). The van der Waals surface area contributed by atoms with Crippen LogP contribution in [0, 0.1) is 0 Å². The molecule has 2 aromatic carbocycles. The van der Waals surface area contributed by atoms with E-state index in [4.69, 9.17) is 10.5 Å². The molecule has 176 valence electrons. The van der Waals surface area contributed by atoms with Crippen LogP contribution in [0.3, 0.4) is 0 Å². The first-order valence-electron chi connectivity index (χ1n) is 10.2. The number of ether oxygens (including phenoxy) is 2. The number of alkyl halides is 3. The van der Waals surface area contributed by atoms with Crippen LogP contribution in [0.25, 0.3) is 0 Å². The molecule has 0 spiro atoms. The van der Waals surface area contributed by atoms with Crippen LogP contribution in [0.5, 0.6) is 5.75 Å². The molecule has 0 bridgehead atoms. The van der Waals surface area contributed by atoms with Gasteiger partial charge in [0.05, 0.1) is 5.69 Å². The predicted molar refractivity (Wildman–Crippen MR) is 119 cm³/mol. The van der Waals surface area contributed by atoms with E-state index in [-0.39, 0.29) is 23.5 Å². The van der Waals surface area contributed by atoms with Gasteiger partial charge in [0.15, 0.2) is 0 Å². The molecule has 33 heavy (non-hydrogen) atoms. The molecule has 3 rings (SSSR count). The summed E-state index contributed by atoms with van der Waals surface area (Å²) in [5.41, 5.74) is 7.61. The minimum atomic E-state index is -4.74. The summed E-state index contributed by atoms with van der Waals surface area (Å²) in [6, 6.07) is 12.6. The van der Waals surface area contributed by atoms with E-state index in [2.05, 4.69) is 20.0 Å². The lowest BCUT2D eigenvalue weighted by Crippen LogP contribution is -2.34. The largest absolute Gasteiger partial charge is 0.573 e. The fourth-order valence-corrected chi connectivity index (χ4v) is 3.05. The Bertz CT molecular complexity index is 1030. The summed E-state index contributed by atoms with van der Waals surface area (Å²) in [4.78, 5) is 20.0. The number of hydrogen-bond acceptors (Lipinski definition) is 4. The van der Waals surface area contributed by atoms with Gasteiger partial charge in [-0.1, -0.05) is 24.3 Å². The smallest absolute Gasteiger partial charge is 0.444 e. The van der Waals surface area contributed by atoms with E-state index < -0.39 is 18.1 Å². The number of aliphatic imine (C=N–C) groups is 2. The lowest BCUT2D eigenvalue weighted by atomic mass is 10.1. The number of rotatable bonds is 6. The molecule has 1 amide bonds. The molecule has 1 fully saturated rings. The van der Waals surface area contributed by atoms with Gasteiger partial charge in [0.1, 0.15) is 23.5 Å². The molecular formula is C23H25F3N4O3. The van der Waals surface area contributed by atoms with Gasteiger partial charge in [-0.3, -0.25) is 0 Å². The molecule has 1 aliphatic carbocycles. The van der Waals surface area contributed by atoms with Crippen LogP contribution in [0.15, 0.2) is 58.5 Å². The third-order valence-corrected chi connectivity index (χ3v) is 4.60. The molecule has 2 atom stereocenters. The summed E-state index contributed by atoms with van der Waals surface area (Å²) in [5.74, 6) is 0.126. The minimum Gasteiger partial charge on any atom is -0.444 e. The predicted octanol–water partition coefficient (Wildman–Crippen LogP) is 5.03. The van der Waals surface area contributed by atoms with E-state index >= 15 is 0 Å². The highest BCUT2D eigenvalue weighted by Gasteiger charge is 2.40. The first-order valence-corrected chi connectivity index (χ1v) is 10.2. The molecule has 1 saturated carbocycles. The number of benzene rings is 2. The van der Waals surface area contributed by atoms with Crippen molar-refractivity contribution in [2.45, 2.75) is 51.1 Å². The number of amidine groups is 1. The van der Waals surface area contributed by atoms with E-state index in [1.807, 2.05) is 45.0 Å². The van der Waals surface area contributed by atoms with Gasteiger partial charge in [-0.05, 0) is 57.0 Å². The second-order valence-corrected chi connectivity index (χ2v) is 8.52. The van der Waals surface area contributed by atoms with Gasteiger partial charge in [0.2, 0.25) is 0 Å². The number of carbonyl (C=O) groups excluding carboxylic acids is 1. The zero-order chi connectivity index (χ0) is 24.2. The van der Waals surface area contributed by atoms with Gasteiger partial charge >= 0.3 is 12.5 Å². The average Bonchev–Trinajstić information content (AvgIpc) is 3.45. The topological polar surface area (TPSA) is 98.3 Å². The number of hydrogen-bond donors (Lipinski definition) is 2. The maximum Gasteiger partial charge on any atom is 0.573 e. The Balaban J connectivity index is 1.53. The molecule has 0 saturated heterocycles. The molecule has 3 N–H and O–H groups in total. The summed E-state index contributed by atoms with van der Waals surface area (Å²) in [7, 11) is 0. The van der Waals surface area contributed by atoms with E-state index in [9.17, 15) is 18.0 Å². The Kier molecular flexibility index (Phi) is 6.95. The molecule has 2 aromatic rings. The van der Waals surface area contributed by atoms with Crippen LogP contribution in [0.1, 0.15) is 44.2 Å². The van der Waals surface area contributed by atoms with Crippen LogP contribution < -0.4 is 15.8 Å². The number of alkyl carbamates (subject to hydrolysis) is 1. The maximum absolute atomic E-state index is 12.2. The number of carbonyl (C=O) groups is 1. The van der Waals surface area contributed by atoms with Crippen LogP contribution in [0.4, 0.5) is 23.7 Å². The molecule has 0 aliphatic heterocycles. The van der Waals surface area contributed by atoms with Crippen LogP contribution in [-0.4, -0.2) is 36.3 Å². The van der Waals surface area contributed by atoms with Gasteiger partial charge < -0.3 is 20.5 Å². The Labute approximate surface area is 189 Å². The molecule has 2 unspecified atom stereocenters. The van der Waals surface area contributed by atoms with Crippen molar-refractivity contribution in [3.05, 3.63) is 59.7 Å². The van der Waals surface area contributed by atoms with Crippen LogP contribution in [0.2, 0.25) is 0 Å². The molecule has 0 radical (unpaired) electrons. The highest BCUT2D eigenvalue weighted by molar-refractivity contribution is 6.01. The van der Waals surface area contributed by atoms with Crippen molar-refractivity contribution in [2.75, 3.05) is 0 Å².